The van der Waals surface area contributed by atoms with E-state index in [1.54, 1.807) is 11.3 Å². The van der Waals surface area contributed by atoms with E-state index in [-0.39, 0.29) is 0 Å². The molecule has 0 bridgehead atoms. The van der Waals surface area contributed by atoms with Crippen LogP contribution in [0.3, 0.4) is 0 Å². The summed E-state index contributed by atoms with van der Waals surface area (Å²) in [6, 6.07) is 0. The average molecular weight is 338 g/mol. The second kappa shape index (κ2) is 10.6. The smallest absolute Gasteiger partial charge is 0.191 e. The molecule has 1 fully saturated rings. The van der Waals surface area contributed by atoms with Crippen molar-refractivity contribution in [3.63, 3.8) is 0 Å². The fourth-order valence-electron chi connectivity index (χ4n) is 2.77. The predicted octanol–water partition coefficient (Wildman–Crippen LogP) is 2.64. The third-order valence-electron chi connectivity index (χ3n) is 4.09. The number of thiazole rings is 1. The van der Waals surface area contributed by atoms with Crippen LogP contribution in [0.5, 0.6) is 0 Å². The summed E-state index contributed by atoms with van der Waals surface area (Å²) in [5.41, 5.74) is 0. The maximum absolute atomic E-state index is 4.66. The molecule has 1 aliphatic heterocycles. The van der Waals surface area contributed by atoms with Crippen LogP contribution in [0, 0.1) is 0 Å². The van der Waals surface area contributed by atoms with Crippen molar-refractivity contribution >= 4 is 17.3 Å². The summed E-state index contributed by atoms with van der Waals surface area (Å²) in [6.07, 6.45) is 8.49. The molecule has 0 aliphatic carbocycles. The minimum absolute atomic E-state index is 0.656. The third kappa shape index (κ3) is 6.87. The van der Waals surface area contributed by atoms with Gasteiger partial charge in [-0.2, -0.15) is 0 Å². The van der Waals surface area contributed by atoms with Crippen LogP contribution in [-0.4, -0.2) is 48.6 Å². The zero-order valence-corrected chi connectivity index (χ0v) is 15.4. The number of nitrogens with zero attached hydrogens (tertiary/aromatic N) is 3. The van der Waals surface area contributed by atoms with Crippen LogP contribution >= 0.6 is 11.3 Å². The van der Waals surface area contributed by atoms with Crippen molar-refractivity contribution in [3.05, 3.63) is 16.1 Å². The van der Waals surface area contributed by atoms with E-state index in [2.05, 4.69) is 39.4 Å². The molecule has 130 valence electrons. The molecule has 0 aromatic carbocycles. The lowest BCUT2D eigenvalue weighted by Crippen LogP contribution is -2.41. The molecule has 5 nitrogen and oxygen atoms in total. The number of aliphatic imine (C=N–C) groups is 1. The van der Waals surface area contributed by atoms with Crippen molar-refractivity contribution in [2.45, 2.75) is 52.5 Å². The average Bonchev–Trinajstić information content (AvgIpc) is 2.87. The minimum atomic E-state index is 0.656. The van der Waals surface area contributed by atoms with Gasteiger partial charge in [0.15, 0.2) is 5.96 Å². The Morgan fingerprint density at radius 2 is 2.00 bits per heavy atom. The van der Waals surface area contributed by atoms with E-state index in [9.17, 15) is 0 Å². The Balaban J connectivity index is 1.76. The first-order valence-electron chi connectivity index (χ1n) is 9.00. The van der Waals surface area contributed by atoms with Crippen LogP contribution < -0.4 is 10.6 Å². The first kappa shape index (κ1) is 18.2. The highest BCUT2D eigenvalue weighted by Gasteiger charge is 2.08. The van der Waals surface area contributed by atoms with Crippen LogP contribution in [-0.2, 0) is 13.0 Å². The molecule has 23 heavy (non-hydrogen) atoms. The molecule has 2 N–H and O–H groups in total. The summed E-state index contributed by atoms with van der Waals surface area (Å²) in [4.78, 5) is 13.0. The highest BCUT2D eigenvalue weighted by molar-refractivity contribution is 7.11. The lowest BCUT2D eigenvalue weighted by molar-refractivity contribution is 0.289. The van der Waals surface area contributed by atoms with Crippen LogP contribution in [0.1, 0.15) is 49.4 Å². The normalized spacial score (nSPS) is 17.0. The SMILES string of the molecule is CCNC(=NCc1ncc(CC)s1)NCCN1CCCCCC1. The fourth-order valence-corrected chi connectivity index (χ4v) is 3.55. The highest BCUT2D eigenvalue weighted by Crippen LogP contribution is 2.14. The lowest BCUT2D eigenvalue weighted by Gasteiger charge is -2.20. The van der Waals surface area contributed by atoms with Crippen LogP contribution in [0.25, 0.3) is 0 Å². The topological polar surface area (TPSA) is 52.6 Å². The number of guanidine groups is 1. The number of hydrogen-bond acceptors (Lipinski definition) is 4. The molecule has 0 spiro atoms. The van der Waals surface area contributed by atoms with E-state index in [0.717, 1.165) is 37.0 Å². The number of likely N-dealkylation sites (tertiary alicyclic amines) is 1. The van der Waals surface area contributed by atoms with E-state index in [0.29, 0.717) is 6.54 Å². The maximum atomic E-state index is 4.66. The summed E-state index contributed by atoms with van der Waals surface area (Å²) in [5, 5.41) is 7.86. The first-order valence-corrected chi connectivity index (χ1v) is 9.81. The van der Waals surface area contributed by atoms with Gasteiger partial charge in [0.1, 0.15) is 5.01 Å². The Bertz CT molecular complexity index is 463. The molecule has 1 saturated heterocycles. The molecule has 2 rings (SSSR count). The van der Waals surface area contributed by atoms with Crippen molar-refractivity contribution in [1.29, 1.82) is 0 Å². The lowest BCUT2D eigenvalue weighted by atomic mass is 10.2. The van der Waals surface area contributed by atoms with Crippen molar-refractivity contribution in [2.24, 2.45) is 4.99 Å². The first-order chi connectivity index (χ1) is 11.3. The minimum Gasteiger partial charge on any atom is -0.357 e. The zero-order chi connectivity index (χ0) is 16.3. The van der Waals surface area contributed by atoms with Crippen LogP contribution in [0.15, 0.2) is 11.2 Å². The van der Waals surface area contributed by atoms with Crippen molar-refractivity contribution in [1.82, 2.24) is 20.5 Å². The monoisotopic (exact) mass is 337 g/mol. The number of nitrogens with one attached hydrogen (secondary N) is 2. The van der Waals surface area contributed by atoms with Crippen molar-refractivity contribution in [3.8, 4) is 0 Å². The molecule has 0 amide bonds. The molecule has 6 heteroatoms. The van der Waals surface area contributed by atoms with Gasteiger partial charge in [0.2, 0.25) is 0 Å². The number of aromatic nitrogens is 1. The third-order valence-corrected chi connectivity index (χ3v) is 5.21. The van der Waals surface area contributed by atoms with Gasteiger partial charge in [-0.25, -0.2) is 9.98 Å². The molecular weight excluding hydrogens is 306 g/mol. The van der Waals surface area contributed by atoms with Crippen LogP contribution in [0.2, 0.25) is 0 Å². The molecule has 0 saturated carbocycles. The standard InChI is InChI=1S/C17H31N5S/c1-3-15-13-20-16(23-15)14-21-17(18-4-2)19-9-12-22-10-7-5-6-8-11-22/h13H,3-12,14H2,1-2H3,(H2,18,19,21). The van der Waals surface area contributed by atoms with Gasteiger partial charge in [-0.15, -0.1) is 11.3 Å². The molecule has 0 atom stereocenters. The maximum Gasteiger partial charge on any atom is 0.191 e. The molecular formula is C17H31N5S. The van der Waals surface area contributed by atoms with E-state index < -0.39 is 0 Å². The van der Waals surface area contributed by atoms with Gasteiger partial charge in [-0.3, -0.25) is 0 Å². The largest absolute Gasteiger partial charge is 0.357 e. The molecule has 1 aromatic heterocycles. The van der Waals surface area contributed by atoms with E-state index in [1.165, 1.54) is 43.6 Å². The van der Waals surface area contributed by atoms with Crippen molar-refractivity contribution in [2.75, 3.05) is 32.7 Å². The number of rotatable bonds is 7. The molecule has 1 aliphatic rings. The second-order valence-corrected chi connectivity index (χ2v) is 7.15. The van der Waals surface area contributed by atoms with E-state index in [4.69, 9.17) is 0 Å². The van der Waals surface area contributed by atoms with Gasteiger partial charge in [-0.05, 0) is 39.3 Å². The highest BCUT2D eigenvalue weighted by atomic mass is 32.1. The zero-order valence-electron chi connectivity index (χ0n) is 14.6. The van der Waals surface area contributed by atoms with Crippen LogP contribution in [0.4, 0.5) is 0 Å². The fraction of sp³-hybridized carbons (Fsp3) is 0.765. The van der Waals surface area contributed by atoms with Gasteiger partial charge in [-0.1, -0.05) is 19.8 Å². The number of hydrogen-bond donors (Lipinski definition) is 2. The Kier molecular flexibility index (Phi) is 8.39. The summed E-state index contributed by atoms with van der Waals surface area (Å²) < 4.78 is 0. The predicted molar refractivity (Wildman–Crippen MR) is 99.2 cm³/mol. The number of aryl methyl sites for hydroxylation is 1. The van der Waals surface area contributed by atoms with Crippen molar-refractivity contribution < 1.29 is 0 Å². The van der Waals surface area contributed by atoms with Gasteiger partial charge in [0, 0.05) is 30.7 Å². The van der Waals surface area contributed by atoms with E-state index in [1.807, 2.05) is 6.20 Å². The van der Waals surface area contributed by atoms with E-state index >= 15 is 0 Å². The summed E-state index contributed by atoms with van der Waals surface area (Å²) in [6.45, 7) is 10.3. The Morgan fingerprint density at radius 3 is 2.65 bits per heavy atom. The summed E-state index contributed by atoms with van der Waals surface area (Å²) >= 11 is 1.76. The molecule has 1 aromatic rings. The van der Waals surface area contributed by atoms with Gasteiger partial charge in [0.05, 0.1) is 6.54 Å². The Morgan fingerprint density at radius 1 is 1.22 bits per heavy atom. The van der Waals surface area contributed by atoms with Gasteiger partial charge >= 0.3 is 0 Å². The van der Waals surface area contributed by atoms with Gasteiger partial charge in [0.25, 0.3) is 0 Å². The second-order valence-electron chi connectivity index (χ2n) is 5.95. The quantitative estimate of drug-likeness (QED) is 0.593. The Labute approximate surface area is 144 Å². The summed E-state index contributed by atoms with van der Waals surface area (Å²) in [7, 11) is 0. The molecule has 2 heterocycles. The summed E-state index contributed by atoms with van der Waals surface area (Å²) in [5.74, 6) is 0.899. The molecule has 0 unspecified atom stereocenters. The Hall–Kier alpha value is -1.14. The van der Waals surface area contributed by atoms with Gasteiger partial charge < -0.3 is 15.5 Å². The molecule has 0 radical (unpaired) electrons.